The maximum atomic E-state index is 12.1. The molecule has 1 amide bonds. The van der Waals surface area contributed by atoms with Gasteiger partial charge in [0.1, 0.15) is 23.9 Å². The van der Waals surface area contributed by atoms with Crippen LogP contribution in [-0.4, -0.2) is 35.3 Å². The van der Waals surface area contributed by atoms with E-state index in [1.54, 1.807) is 13.8 Å². The Morgan fingerprint density at radius 3 is 2.36 bits per heavy atom. The standard InChI is InChI=1S/C17H22INO6/c1-12(2)15(16(21)23-9-8-14(20)25-11-18)19-17(22)24-10-13-6-4-3-5-7-13/h3-7,12,15H,8-11H2,1-2H3,(H,19,22)/t15-/m0/s1. The first-order valence-electron chi connectivity index (χ1n) is 7.79. The van der Waals surface area contributed by atoms with Crippen molar-refractivity contribution in [1.29, 1.82) is 0 Å². The highest BCUT2D eigenvalue weighted by Crippen LogP contribution is 2.06. The number of ether oxygens (including phenoxy) is 3. The van der Waals surface area contributed by atoms with E-state index in [9.17, 15) is 14.4 Å². The van der Waals surface area contributed by atoms with Crippen molar-refractivity contribution < 1.29 is 28.6 Å². The second kappa shape index (κ2) is 11.7. The van der Waals surface area contributed by atoms with Gasteiger partial charge in [0, 0.05) is 0 Å². The fraction of sp³-hybridized carbons (Fsp3) is 0.471. The summed E-state index contributed by atoms with van der Waals surface area (Å²) in [5.74, 6) is -1.26. The highest BCUT2D eigenvalue weighted by atomic mass is 127. The Morgan fingerprint density at radius 2 is 1.76 bits per heavy atom. The van der Waals surface area contributed by atoms with Crippen LogP contribution in [0, 0.1) is 5.92 Å². The molecule has 25 heavy (non-hydrogen) atoms. The van der Waals surface area contributed by atoms with Gasteiger partial charge in [-0.05, 0) is 34.1 Å². The Balaban J connectivity index is 2.42. The fourth-order valence-electron chi connectivity index (χ4n) is 1.85. The summed E-state index contributed by atoms with van der Waals surface area (Å²) >= 11 is 1.90. The molecule has 1 atom stereocenters. The monoisotopic (exact) mass is 463 g/mol. The maximum Gasteiger partial charge on any atom is 0.408 e. The maximum absolute atomic E-state index is 12.1. The van der Waals surface area contributed by atoms with E-state index < -0.39 is 24.1 Å². The number of benzene rings is 1. The molecular weight excluding hydrogens is 441 g/mol. The fourth-order valence-corrected chi connectivity index (χ4v) is 2.19. The molecule has 138 valence electrons. The molecule has 0 radical (unpaired) electrons. The number of rotatable bonds is 9. The molecule has 8 heteroatoms. The van der Waals surface area contributed by atoms with Crippen LogP contribution in [-0.2, 0) is 30.4 Å². The Labute approximate surface area is 160 Å². The summed E-state index contributed by atoms with van der Waals surface area (Å²) in [6.45, 7) is 3.55. The first-order valence-corrected chi connectivity index (χ1v) is 9.32. The highest BCUT2D eigenvalue weighted by molar-refractivity contribution is 14.1. The summed E-state index contributed by atoms with van der Waals surface area (Å²) in [6, 6.07) is 8.35. The third-order valence-electron chi connectivity index (χ3n) is 3.17. The lowest BCUT2D eigenvalue weighted by Gasteiger charge is -2.20. The zero-order valence-electron chi connectivity index (χ0n) is 14.2. The number of alkyl halides is 1. The summed E-state index contributed by atoms with van der Waals surface area (Å²) in [5, 5.41) is 2.50. The van der Waals surface area contributed by atoms with Gasteiger partial charge in [0.05, 0.1) is 6.42 Å². The van der Waals surface area contributed by atoms with Gasteiger partial charge in [-0.3, -0.25) is 4.79 Å². The second-order valence-electron chi connectivity index (χ2n) is 5.47. The molecule has 0 aliphatic carbocycles. The number of esters is 2. The number of carbonyl (C=O) groups is 3. The van der Waals surface area contributed by atoms with Crippen molar-refractivity contribution in [3.63, 3.8) is 0 Å². The molecule has 0 aliphatic rings. The minimum absolute atomic E-state index is 0.0298. The molecule has 1 aromatic carbocycles. The van der Waals surface area contributed by atoms with Crippen LogP contribution in [0.3, 0.4) is 0 Å². The third kappa shape index (κ3) is 8.71. The molecule has 0 saturated heterocycles. The summed E-state index contributed by atoms with van der Waals surface area (Å²) in [6.07, 6.45) is -0.735. The van der Waals surface area contributed by atoms with Gasteiger partial charge in [-0.25, -0.2) is 9.59 Å². The molecule has 0 aromatic heterocycles. The Hall–Kier alpha value is -1.84. The summed E-state index contributed by atoms with van der Waals surface area (Å²) in [7, 11) is 0. The SMILES string of the molecule is CC(C)[C@H](NC(=O)OCc1ccccc1)C(=O)OCCC(=O)OCI. The molecular formula is C17H22INO6. The van der Waals surface area contributed by atoms with Crippen LogP contribution in [0.2, 0.25) is 0 Å². The number of halogens is 1. The van der Waals surface area contributed by atoms with Crippen molar-refractivity contribution in [2.75, 3.05) is 11.2 Å². The van der Waals surface area contributed by atoms with E-state index in [0.717, 1.165) is 5.56 Å². The number of nitrogens with one attached hydrogen (secondary N) is 1. The van der Waals surface area contributed by atoms with Crippen molar-refractivity contribution in [3.8, 4) is 0 Å². The van der Waals surface area contributed by atoms with Crippen molar-refractivity contribution in [2.24, 2.45) is 5.92 Å². The van der Waals surface area contributed by atoms with Gasteiger partial charge in [-0.2, -0.15) is 0 Å². The Kier molecular flexibility index (Phi) is 9.90. The predicted molar refractivity (Wildman–Crippen MR) is 98.9 cm³/mol. The van der Waals surface area contributed by atoms with Gasteiger partial charge in [-0.1, -0.05) is 44.2 Å². The lowest BCUT2D eigenvalue weighted by Crippen LogP contribution is -2.45. The van der Waals surface area contributed by atoms with Crippen molar-refractivity contribution >= 4 is 40.6 Å². The summed E-state index contributed by atoms with van der Waals surface area (Å²) in [5.41, 5.74) is 0.843. The molecule has 1 rings (SSSR count). The minimum Gasteiger partial charge on any atom is -0.464 e. The summed E-state index contributed by atoms with van der Waals surface area (Å²) in [4.78, 5) is 35.2. The number of hydrogen-bond donors (Lipinski definition) is 1. The molecule has 0 fully saturated rings. The molecule has 0 unspecified atom stereocenters. The molecule has 7 nitrogen and oxygen atoms in total. The van der Waals surface area contributed by atoms with E-state index >= 15 is 0 Å². The average molecular weight is 463 g/mol. The lowest BCUT2D eigenvalue weighted by atomic mass is 10.1. The first-order chi connectivity index (χ1) is 11.9. The zero-order chi connectivity index (χ0) is 18.7. The normalized spacial score (nSPS) is 11.5. The molecule has 0 spiro atoms. The van der Waals surface area contributed by atoms with Crippen LogP contribution in [0.1, 0.15) is 25.8 Å². The van der Waals surface area contributed by atoms with Gasteiger partial charge >= 0.3 is 18.0 Å². The molecule has 1 N–H and O–H groups in total. The van der Waals surface area contributed by atoms with Crippen molar-refractivity contribution in [3.05, 3.63) is 35.9 Å². The highest BCUT2D eigenvalue weighted by Gasteiger charge is 2.26. The Morgan fingerprint density at radius 1 is 1.08 bits per heavy atom. The van der Waals surface area contributed by atoms with E-state index in [2.05, 4.69) is 5.32 Å². The zero-order valence-corrected chi connectivity index (χ0v) is 16.4. The smallest absolute Gasteiger partial charge is 0.408 e. The molecule has 0 heterocycles. The lowest BCUT2D eigenvalue weighted by molar-refractivity contribution is -0.150. The van der Waals surface area contributed by atoms with Gasteiger partial charge in [0.2, 0.25) is 0 Å². The van der Waals surface area contributed by atoms with Gasteiger partial charge < -0.3 is 19.5 Å². The molecule has 0 saturated carbocycles. The average Bonchev–Trinajstić information content (AvgIpc) is 2.58. The van der Waals surface area contributed by atoms with E-state index in [1.165, 1.54) is 0 Å². The van der Waals surface area contributed by atoms with Crippen molar-refractivity contribution in [2.45, 2.75) is 32.9 Å². The predicted octanol–water partition coefficient (Wildman–Crippen LogP) is 2.81. The van der Waals surface area contributed by atoms with E-state index in [0.29, 0.717) is 0 Å². The summed E-state index contributed by atoms with van der Waals surface area (Å²) < 4.78 is 15.1. The first kappa shape index (κ1) is 21.2. The molecule has 0 bridgehead atoms. The third-order valence-corrected chi connectivity index (χ3v) is 3.48. The topological polar surface area (TPSA) is 90.9 Å². The van der Waals surface area contributed by atoms with Gasteiger partial charge in [0.15, 0.2) is 0 Å². The van der Waals surface area contributed by atoms with Crippen molar-refractivity contribution in [1.82, 2.24) is 5.32 Å². The van der Waals surface area contributed by atoms with Crippen LogP contribution in [0.25, 0.3) is 0 Å². The van der Waals surface area contributed by atoms with E-state index in [1.807, 2.05) is 52.9 Å². The number of carbonyl (C=O) groups excluding carboxylic acids is 3. The second-order valence-corrected chi connectivity index (χ2v) is 6.09. The molecule has 0 aliphatic heterocycles. The van der Waals surface area contributed by atoms with E-state index in [-0.39, 0.29) is 30.2 Å². The van der Waals surface area contributed by atoms with Crippen LogP contribution < -0.4 is 5.32 Å². The van der Waals surface area contributed by atoms with Crippen LogP contribution in [0.4, 0.5) is 4.79 Å². The number of alkyl carbamates (subject to hydrolysis) is 1. The van der Waals surface area contributed by atoms with Gasteiger partial charge in [0.25, 0.3) is 0 Å². The number of amides is 1. The van der Waals surface area contributed by atoms with Crippen LogP contribution >= 0.6 is 22.6 Å². The van der Waals surface area contributed by atoms with E-state index in [4.69, 9.17) is 14.2 Å². The largest absolute Gasteiger partial charge is 0.464 e. The Bertz CT molecular complexity index is 564. The quantitative estimate of drug-likeness (QED) is 0.262. The number of hydrogen-bond acceptors (Lipinski definition) is 6. The van der Waals surface area contributed by atoms with Crippen LogP contribution in [0.15, 0.2) is 30.3 Å². The molecule has 1 aromatic rings. The minimum atomic E-state index is -0.858. The van der Waals surface area contributed by atoms with Crippen LogP contribution in [0.5, 0.6) is 0 Å². The van der Waals surface area contributed by atoms with Gasteiger partial charge in [-0.15, -0.1) is 0 Å².